The van der Waals surface area contributed by atoms with Crippen molar-refractivity contribution in [2.24, 2.45) is 0 Å². The quantitative estimate of drug-likeness (QED) is 0.195. The smallest absolute Gasteiger partial charge is 0.0721 e. The third-order valence-corrected chi connectivity index (χ3v) is 6.36. The second-order valence-corrected chi connectivity index (χ2v) is 10.3. The zero-order chi connectivity index (χ0) is 22.2. The first-order valence-electron chi connectivity index (χ1n) is 12.8. The fourth-order valence-corrected chi connectivity index (χ4v) is 4.55. The SMILES string of the molecule is CC(=S)NCCCCCCCCCCCCCCc1c(C(C)C)cccc1C(C)C. The zero-order valence-corrected chi connectivity index (χ0v) is 21.5. The number of rotatable bonds is 17. The highest BCUT2D eigenvalue weighted by Gasteiger charge is 2.13. The molecule has 0 aliphatic carbocycles. The third kappa shape index (κ3) is 12.1. The fraction of sp³-hybridized carbons (Fsp3) is 0.750. The van der Waals surface area contributed by atoms with Gasteiger partial charge in [0.05, 0.1) is 4.99 Å². The van der Waals surface area contributed by atoms with E-state index >= 15 is 0 Å². The number of benzene rings is 1. The van der Waals surface area contributed by atoms with Crippen molar-refractivity contribution in [1.29, 1.82) is 0 Å². The van der Waals surface area contributed by atoms with Crippen LogP contribution in [0.3, 0.4) is 0 Å². The van der Waals surface area contributed by atoms with Crippen LogP contribution in [0.25, 0.3) is 0 Å². The molecule has 0 radical (unpaired) electrons. The Labute approximate surface area is 193 Å². The van der Waals surface area contributed by atoms with Crippen LogP contribution in [0.1, 0.15) is 140 Å². The summed E-state index contributed by atoms with van der Waals surface area (Å²) in [5.41, 5.74) is 4.80. The Hall–Kier alpha value is -0.890. The van der Waals surface area contributed by atoms with E-state index in [1.165, 1.54) is 83.5 Å². The summed E-state index contributed by atoms with van der Waals surface area (Å²) in [4.78, 5) is 0.927. The first-order valence-corrected chi connectivity index (χ1v) is 13.2. The van der Waals surface area contributed by atoms with Crippen LogP contribution in [0.4, 0.5) is 0 Å². The highest BCUT2D eigenvalue weighted by Crippen LogP contribution is 2.29. The lowest BCUT2D eigenvalue weighted by atomic mass is 9.86. The van der Waals surface area contributed by atoms with Gasteiger partial charge in [0.15, 0.2) is 0 Å². The van der Waals surface area contributed by atoms with Crippen molar-refractivity contribution < 1.29 is 0 Å². The summed E-state index contributed by atoms with van der Waals surface area (Å²) in [7, 11) is 0. The molecule has 0 saturated carbocycles. The Morgan fingerprint density at radius 1 is 0.700 bits per heavy atom. The molecule has 1 nitrogen and oxygen atoms in total. The molecule has 1 rings (SSSR count). The van der Waals surface area contributed by atoms with Gasteiger partial charge in [-0.25, -0.2) is 0 Å². The minimum Gasteiger partial charge on any atom is -0.380 e. The largest absolute Gasteiger partial charge is 0.380 e. The minimum absolute atomic E-state index is 0.630. The summed E-state index contributed by atoms with van der Waals surface area (Å²) in [5, 5.41) is 3.24. The second kappa shape index (κ2) is 16.8. The lowest BCUT2D eigenvalue weighted by Gasteiger charge is -2.19. The number of hydrogen-bond donors (Lipinski definition) is 1. The Balaban J connectivity index is 2.05. The first kappa shape index (κ1) is 27.1. The summed E-state index contributed by atoms with van der Waals surface area (Å²) in [5.74, 6) is 1.26. The van der Waals surface area contributed by atoms with Gasteiger partial charge in [-0.05, 0) is 54.7 Å². The molecule has 0 unspecified atom stereocenters. The predicted octanol–water partition coefficient (Wildman–Crippen LogP) is 9.09. The number of hydrogen-bond acceptors (Lipinski definition) is 1. The van der Waals surface area contributed by atoms with E-state index in [1.807, 2.05) is 6.92 Å². The van der Waals surface area contributed by atoms with Crippen LogP contribution in [0.2, 0.25) is 0 Å². The van der Waals surface area contributed by atoms with Crippen LogP contribution >= 0.6 is 12.2 Å². The molecular formula is C28H49NS. The second-order valence-electron chi connectivity index (χ2n) is 9.70. The summed E-state index contributed by atoms with van der Waals surface area (Å²) in [6, 6.07) is 6.96. The summed E-state index contributed by atoms with van der Waals surface area (Å²) in [6.07, 6.45) is 17.9. The van der Waals surface area contributed by atoms with Crippen LogP contribution in [0.15, 0.2) is 18.2 Å². The van der Waals surface area contributed by atoms with Crippen LogP contribution in [0, 0.1) is 0 Å². The monoisotopic (exact) mass is 431 g/mol. The standard InChI is InChI=1S/C28H49NS/c1-23(2)26-20-18-21-27(24(3)4)28(26)19-16-14-12-10-8-6-7-9-11-13-15-17-22-29-25(5)30/h18,20-21,23-24H,6-17,19,22H2,1-5H3,(H,29,30). The molecule has 0 bridgehead atoms. The topological polar surface area (TPSA) is 12.0 Å². The maximum Gasteiger partial charge on any atom is 0.0721 e. The highest BCUT2D eigenvalue weighted by atomic mass is 32.1. The lowest BCUT2D eigenvalue weighted by molar-refractivity contribution is 0.539. The Morgan fingerprint density at radius 3 is 1.50 bits per heavy atom. The van der Waals surface area contributed by atoms with E-state index in [4.69, 9.17) is 12.2 Å². The van der Waals surface area contributed by atoms with E-state index < -0.39 is 0 Å². The molecule has 1 aromatic rings. The van der Waals surface area contributed by atoms with Crippen molar-refractivity contribution in [2.75, 3.05) is 6.54 Å². The molecule has 0 saturated heterocycles. The van der Waals surface area contributed by atoms with Gasteiger partial charge in [-0.15, -0.1) is 0 Å². The van der Waals surface area contributed by atoms with E-state index in [0.717, 1.165) is 11.5 Å². The molecule has 2 heteroatoms. The van der Waals surface area contributed by atoms with Crippen molar-refractivity contribution in [3.63, 3.8) is 0 Å². The van der Waals surface area contributed by atoms with Gasteiger partial charge in [-0.2, -0.15) is 0 Å². The number of nitrogens with one attached hydrogen (secondary N) is 1. The molecule has 0 heterocycles. The highest BCUT2D eigenvalue weighted by molar-refractivity contribution is 7.80. The number of thiocarbonyl (C=S) groups is 1. The third-order valence-electron chi connectivity index (χ3n) is 6.22. The van der Waals surface area contributed by atoms with E-state index in [1.54, 1.807) is 16.7 Å². The Kier molecular flexibility index (Phi) is 15.2. The van der Waals surface area contributed by atoms with Crippen LogP contribution in [-0.4, -0.2) is 11.5 Å². The Morgan fingerprint density at radius 2 is 1.10 bits per heavy atom. The van der Waals surface area contributed by atoms with Gasteiger partial charge in [0.1, 0.15) is 0 Å². The molecule has 0 aliphatic heterocycles. The molecular weight excluding hydrogens is 382 g/mol. The van der Waals surface area contributed by atoms with Crippen LogP contribution in [0.5, 0.6) is 0 Å². The number of unbranched alkanes of at least 4 members (excludes halogenated alkanes) is 11. The zero-order valence-electron chi connectivity index (χ0n) is 20.7. The first-order chi connectivity index (χ1) is 14.4. The lowest BCUT2D eigenvalue weighted by Crippen LogP contribution is -2.18. The average molecular weight is 432 g/mol. The van der Waals surface area contributed by atoms with Gasteiger partial charge in [-0.1, -0.05) is 122 Å². The summed E-state index contributed by atoms with van der Waals surface area (Å²) < 4.78 is 0. The summed E-state index contributed by atoms with van der Waals surface area (Å²) >= 11 is 5.03. The van der Waals surface area contributed by atoms with Crippen molar-refractivity contribution >= 4 is 17.2 Å². The Bertz CT molecular complexity index is 550. The van der Waals surface area contributed by atoms with Gasteiger partial charge in [0, 0.05) is 6.54 Å². The van der Waals surface area contributed by atoms with Crippen molar-refractivity contribution in [2.45, 2.75) is 130 Å². The summed E-state index contributed by atoms with van der Waals surface area (Å²) in [6.45, 7) is 12.4. The fourth-order valence-electron chi connectivity index (χ4n) is 4.45. The minimum atomic E-state index is 0.630. The van der Waals surface area contributed by atoms with E-state index in [9.17, 15) is 0 Å². The molecule has 0 aliphatic rings. The molecule has 0 spiro atoms. The van der Waals surface area contributed by atoms with Crippen molar-refractivity contribution in [1.82, 2.24) is 5.32 Å². The van der Waals surface area contributed by atoms with E-state index in [2.05, 4.69) is 51.2 Å². The maximum absolute atomic E-state index is 5.03. The van der Waals surface area contributed by atoms with Gasteiger partial charge in [-0.3, -0.25) is 0 Å². The molecule has 172 valence electrons. The molecule has 1 aromatic carbocycles. The average Bonchev–Trinajstić information content (AvgIpc) is 2.70. The van der Waals surface area contributed by atoms with Gasteiger partial charge >= 0.3 is 0 Å². The molecule has 0 amide bonds. The van der Waals surface area contributed by atoms with Crippen LogP contribution < -0.4 is 5.32 Å². The molecule has 0 fully saturated rings. The predicted molar refractivity (Wildman–Crippen MR) is 140 cm³/mol. The molecule has 0 aromatic heterocycles. The van der Waals surface area contributed by atoms with Crippen molar-refractivity contribution in [3.05, 3.63) is 34.9 Å². The molecule has 30 heavy (non-hydrogen) atoms. The molecule has 0 atom stereocenters. The normalized spacial score (nSPS) is 11.4. The van der Waals surface area contributed by atoms with Gasteiger partial charge in [0.2, 0.25) is 0 Å². The molecule has 1 N–H and O–H groups in total. The van der Waals surface area contributed by atoms with Gasteiger partial charge < -0.3 is 5.32 Å². The maximum atomic E-state index is 5.03. The van der Waals surface area contributed by atoms with Crippen molar-refractivity contribution in [3.8, 4) is 0 Å². The van der Waals surface area contributed by atoms with Gasteiger partial charge in [0.25, 0.3) is 0 Å². The van der Waals surface area contributed by atoms with Crippen LogP contribution in [-0.2, 0) is 6.42 Å². The van der Waals surface area contributed by atoms with E-state index in [-0.39, 0.29) is 0 Å². The van der Waals surface area contributed by atoms with E-state index in [0.29, 0.717) is 11.8 Å².